The zero-order valence-electron chi connectivity index (χ0n) is 19.3. The molecule has 1 aliphatic rings. The number of piperidine rings is 1. The third-order valence-corrected chi connectivity index (χ3v) is 6.32. The van der Waals surface area contributed by atoms with Gasteiger partial charge < -0.3 is 19.5 Å². The van der Waals surface area contributed by atoms with Crippen molar-refractivity contribution in [2.45, 2.75) is 38.3 Å². The number of anilines is 1. The molecule has 0 atom stereocenters. The first-order chi connectivity index (χ1) is 15.9. The lowest BCUT2D eigenvalue weighted by atomic mass is 10.0. The van der Waals surface area contributed by atoms with Crippen LogP contribution in [0.25, 0.3) is 11.2 Å². The second kappa shape index (κ2) is 9.51. The predicted octanol–water partition coefficient (Wildman–Crippen LogP) is 1.01. The molecule has 10 nitrogen and oxygen atoms in total. The molecule has 0 aliphatic carbocycles. The fraction of sp³-hybridized carbons (Fsp3) is 0.478. The molecule has 4 rings (SSSR count). The maximum Gasteiger partial charge on any atom is 0.332 e. The molecular formula is C23H30N6O4. The van der Waals surface area contributed by atoms with E-state index >= 15 is 0 Å². The Labute approximate surface area is 191 Å². The first-order valence-corrected chi connectivity index (χ1v) is 11.2. The van der Waals surface area contributed by atoms with Gasteiger partial charge in [0.25, 0.3) is 5.56 Å². The van der Waals surface area contributed by atoms with Gasteiger partial charge in [-0.15, -0.1) is 0 Å². The average Bonchev–Trinajstić information content (AvgIpc) is 3.26. The summed E-state index contributed by atoms with van der Waals surface area (Å²) in [6.07, 6.45) is 4.29. The topological polar surface area (TPSA) is 103 Å². The van der Waals surface area contributed by atoms with Gasteiger partial charge in [-0.25, -0.2) is 9.78 Å². The Morgan fingerprint density at radius 1 is 1.12 bits per heavy atom. The molecule has 2 aromatic heterocycles. The molecule has 1 N–H and O–H groups in total. The Hall–Kier alpha value is -3.56. The Morgan fingerprint density at radius 3 is 2.48 bits per heavy atom. The summed E-state index contributed by atoms with van der Waals surface area (Å²) >= 11 is 0. The zero-order chi connectivity index (χ0) is 23.5. The molecule has 10 heteroatoms. The monoisotopic (exact) mass is 454 g/mol. The smallest absolute Gasteiger partial charge is 0.332 e. The van der Waals surface area contributed by atoms with E-state index in [2.05, 4.69) is 27.3 Å². The van der Waals surface area contributed by atoms with E-state index in [0.29, 0.717) is 30.6 Å². The first-order valence-electron chi connectivity index (χ1n) is 11.2. The lowest BCUT2D eigenvalue weighted by molar-refractivity contribution is -0.122. The number of carbonyl (C=O) groups excluding carboxylic acids is 1. The zero-order valence-corrected chi connectivity index (χ0v) is 19.3. The minimum absolute atomic E-state index is 0.0163. The standard InChI is InChI=1S/C23H30N6O4/c1-26-21-20(22(31)27(2)23(26)32)29(15-24-21)12-4-5-19(30)25-16-10-13-28(14-11-16)17-6-8-18(33-3)9-7-17/h6-9,15-16H,4-5,10-14H2,1-3H3,(H,25,30). The largest absolute Gasteiger partial charge is 0.497 e. The highest BCUT2D eigenvalue weighted by Gasteiger charge is 2.21. The summed E-state index contributed by atoms with van der Waals surface area (Å²) in [5.74, 6) is 0.858. The van der Waals surface area contributed by atoms with Crippen LogP contribution < -0.4 is 26.2 Å². The number of nitrogens with zero attached hydrogens (tertiary/aromatic N) is 5. The number of imidazole rings is 1. The lowest BCUT2D eigenvalue weighted by Gasteiger charge is -2.34. The average molecular weight is 455 g/mol. The summed E-state index contributed by atoms with van der Waals surface area (Å²) in [6, 6.07) is 8.21. The number of aromatic nitrogens is 4. The summed E-state index contributed by atoms with van der Waals surface area (Å²) in [6.45, 7) is 2.26. The summed E-state index contributed by atoms with van der Waals surface area (Å²) in [5, 5.41) is 3.14. The van der Waals surface area contributed by atoms with Crippen LogP contribution in [0.5, 0.6) is 5.75 Å². The van der Waals surface area contributed by atoms with Crippen molar-refractivity contribution in [1.82, 2.24) is 24.0 Å². The normalized spacial score (nSPS) is 14.6. The quantitative estimate of drug-likeness (QED) is 0.572. The molecule has 0 spiro atoms. The number of methoxy groups -OCH3 is 1. The van der Waals surface area contributed by atoms with E-state index in [1.807, 2.05) is 12.1 Å². The van der Waals surface area contributed by atoms with Crippen molar-refractivity contribution < 1.29 is 9.53 Å². The van der Waals surface area contributed by atoms with Crippen LogP contribution in [0.1, 0.15) is 25.7 Å². The minimum atomic E-state index is -0.407. The van der Waals surface area contributed by atoms with Crippen molar-refractivity contribution in [3.63, 3.8) is 0 Å². The lowest BCUT2D eigenvalue weighted by Crippen LogP contribution is -2.44. The van der Waals surface area contributed by atoms with E-state index in [9.17, 15) is 14.4 Å². The maximum absolute atomic E-state index is 12.5. The molecule has 0 radical (unpaired) electrons. The molecule has 1 fully saturated rings. The van der Waals surface area contributed by atoms with Gasteiger partial charge in [-0.3, -0.25) is 18.7 Å². The molecule has 0 bridgehead atoms. The number of amides is 1. The van der Waals surface area contributed by atoms with Crippen molar-refractivity contribution in [3.05, 3.63) is 51.4 Å². The third-order valence-electron chi connectivity index (χ3n) is 6.32. The Balaban J connectivity index is 1.27. The fourth-order valence-corrected chi connectivity index (χ4v) is 4.35. The second-order valence-corrected chi connectivity index (χ2v) is 8.45. The molecule has 1 aromatic carbocycles. The van der Waals surface area contributed by atoms with Gasteiger partial charge in [0.05, 0.1) is 13.4 Å². The Morgan fingerprint density at radius 2 is 1.82 bits per heavy atom. The fourth-order valence-electron chi connectivity index (χ4n) is 4.35. The summed E-state index contributed by atoms with van der Waals surface area (Å²) in [4.78, 5) is 43.6. The van der Waals surface area contributed by atoms with Gasteiger partial charge in [-0.2, -0.15) is 0 Å². The summed E-state index contributed by atoms with van der Waals surface area (Å²) in [7, 11) is 4.70. The van der Waals surface area contributed by atoms with Crippen LogP contribution in [0.4, 0.5) is 5.69 Å². The number of carbonyl (C=O) groups is 1. The number of fused-ring (bicyclic) bond motifs is 1. The van der Waals surface area contributed by atoms with Gasteiger partial charge in [0.15, 0.2) is 11.2 Å². The van der Waals surface area contributed by atoms with Crippen LogP contribution in [0.2, 0.25) is 0 Å². The van der Waals surface area contributed by atoms with Gasteiger partial charge in [0.1, 0.15) is 5.75 Å². The summed E-state index contributed by atoms with van der Waals surface area (Å²) in [5.41, 5.74) is 1.12. The van der Waals surface area contributed by atoms with Crippen LogP contribution in [0.3, 0.4) is 0 Å². The number of hydrogen-bond donors (Lipinski definition) is 1. The molecule has 0 saturated carbocycles. The SMILES string of the molecule is COc1ccc(N2CCC(NC(=O)CCCn3cnc4c3c(=O)n(C)c(=O)n4C)CC2)cc1. The van der Waals surface area contributed by atoms with E-state index < -0.39 is 5.69 Å². The highest BCUT2D eigenvalue weighted by atomic mass is 16.5. The molecular weight excluding hydrogens is 424 g/mol. The highest BCUT2D eigenvalue weighted by molar-refractivity contribution is 5.76. The number of aryl methyl sites for hydroxylation is 2. The van der Waals surface area contributed by atoms with Crippen molar-refractivity contribution >= 4 is 22.8 Å². The summed E-state index contributed by atoms with van der Waals surface area (Å²) < 4.78 is 9.37. The van der Waals surface area contributed by atoms with Crippen LogP contribution in [0, 0.1) is 0 Å². The van der Waals surface area contributed by atoms with Gasteiger partial charge in [-0.1, -0.05) is 0 Å². The number of ether oxygens (including phenoxy) is 1. The van der Waals surface area contributed by atoms with Gasteiger partial charge in [0.2, 0.25) is 5.91 Å². The molecule has 33 heavy (non-hydrogen) atoms. The Kier molecular flexibility index (Phi) is 6.52. The number of benzene rings is 1. The van der Waals surface area contributed by atoms with Gasteiger partial charge >= 0.3 is 5.69 Å². The Bertz CT molecular complexity index is 1250. The molecule has 1 amide bonds. The van der Waals surface area contributed by atoms with Crippen molar-refractivity contribution in [2.24, 2.45) is 14.1 Å². The highest BCUT2D eigenvalue weighted by Crippen LogP contribution is 2.23. The predicted molar refractivity (Wildman–Crippen MR) is 126 cm³/mol. The van der Waals surface area contributed by atoms with E-state index in [0.717, 1.165) is 41.9 Å². The van der Waals surface area contributed by atoms with Gasteiger partial charge in [-0.05, 0) is 43.5 Å². The number of hydrogen-bond acceptors (Lipinski definition) is 6. The van der Waals surface area contributed by atoms with E-state index in [-0.39, 0.29) is 17.5 Å². The minimum Gasteiger partial charge on any atom is -0.497 e. The first kappa shape index (κ1) is 22.6. The van der Waals surface area contributed by atoms with Gasteiger partial charge in [0, 0.05) is 51.9 Å². The van der Waals surface area contributed by atoms with Crippen LogP contribution in [-0.4, -0.2) is 50.8 Å². The maximum atomic E-state index is 12.5. The van der Waals surface area contributed by atoms with E-state index in [4.69, 9.17) is 4.74 Å². The molecule has 1 saturated heterocycles. The molecule has 0 unspecified atom stereocenters. The molecule has 3 heterocycles. The molecule has 1 aliphatic heterocycles. The third kappa shape index (κ3) is 4.64. The van der Waals surface area contributed by atoms with E-state index in [1.54, 1.807) is 25.1 Å². The van der Waals surface area contributed by atoms with Crippen molar-refractivity contribution in [3.8, 4) is 5.75 Å². The van der Waals surface area contributed by atoms with Crippen LogP contribution >= 0.6 is 0 Å². The molecule has 3 aromatic rings. The van der Waals surface area contributed by atoms with Crippen LogP contribution in [0.15, 0.2) is 40.2 Å². The molecule has 176 valence electrons. The second-order valence-electron chi connectivity index (χ2n) is 8.45. The van der Waals surface area contributed by atoms with Crippen molar-refractivity contribution in [1.29, 1.82) is 0 Å². The van der Waals surface area contributed by atoms with E-state index in [1.165, 1.54) is 11.6 Å². The number of rotatable bonds is 7. The number of nitrogens with one attached hydrogen (secondary N) is 1. The van der Waals surface area contributed by atoms with Crippen molar-refractivity contribution in [2.75, 3.05) is 25.1 Å². The van der Waals surface area contributed by atoms with Crippen LogP contribution in [-0.2, 0) is 25.4 Å².